The second-order valence-corrected chi connectivity index (χ2v) is 1.61. The number of nitrogens with zero attached hydrogens (tertiary/aromatic N) is 2. The molecule has 0 fully saturated rings. The third-order valence-electron chi connectivity index (χ3n) is 0.757. The van der Waals surface area contributed by atoms with Crippen LogP contribution >= 0.6 is 0 Å². The Morgan fingerprint density at radius 2 is 2.25 bits per heavy atom. The number of hydrogen-bond donors (Lipinski definition) is 1. The number of imide groups is 1. The molecule has 0 atom stereocenters. The van der Waals surface area contributed by atoms with Crippen LogP contribution in [0.25, 0.3) is 0 Å². The van der Waals surface area contributed by atoms with Gasteiger partial charge in [0.15, 0.2) is 0 Å². The molecule has 1 radical (unpaired) electrons. The molecule has 2 amide bonds. The van der Waals surface area contributed by atoms with Gasteiger partial charge < -0.3 is 4.84 Å². The van der Waals surface area contributed by atoms with E-state index >= 15 is 0 Å². The second-order valence-electron chi connectivity index (χ2n) is 1.61. The van der Waals surface area contributed by atoms with Gasteiger partial charge in [0.05, 0.1) is 0 Å². The molecule has 0 aromatic rings. The van der Waals surface area contributed by atoms with Crippen LogP contribution in [-0.4, -0.2) is 24.6 Å². The van der Waals surface area contributed by atoms with E-state index in [-0.39, 0.29) is 0 Å². The first-order chi connectivity index (χ1) is 5.61. The Morgan fingerprint density at radius 1 is 1.67 bits per heavy atom. The van der Waals surface area contributed by atoms with Gasteiger partial charge in [-0.1, -0.05) is 5.16 Å². The van der Waals surface area contributed by atoms with Crippen molar-refractivity contribution in [2.24, 2.45) is 5.16 Å². The molecule has 6 nitrogen and oxygen atoms in total. The third kappa shape index (κ3) is 3.31. The molecule has 63 valence electrons. The topological polar surface area (TPSA) is 91.6 Å². The summed E-state index contributed by atoms with van der Waals surface area (Å²) in [6.07, 6.45) is 0. The molecule has 0 saturated heterocycles. The number of carbonyl (C=O) groups is 2. The molecule has 0 saturated carbocycles. The molecule has 0 rings (SSSR count). The molecule has 0 aromatic carbocycles. The Balaban J connectivity index is 4.36. The van der Waals surface area contributed by atoms with Gasteiger partial charge in [-0.25, -0.2) is 0 Å². The van der Waals surface area contributed by atoms with Crippen LogP contribution in [0.5, 0.6) is 0 Å². The van der Waals surface area contributed by atoms with Gasteiger partial charge >= 0.3 is 0 Å². The largest absolute Gasteiger partial charge is 0.398 e. The molecule has 0 aliphatic carbocycles. The van der Waals surface area contributed by atoms with Crippen molar-refractivity contribution >= 4 is 17.5 Å². The lowest BCUT2D eigenvalue weighted by atomic mass is 10.4. The maximum Gasteiger partial charge on any atom is 0.290 e. The maximum atomic E-state index is 10.8. The van der Waals surface area contributed by atoms with Crippen molar-refractivity contribution in [2.75, 3.05) is 7.11 Å². The smallest absolute Gasteiger partial charge is 0.290 e. The summed E-state index contributed by atoms with van der Waals surface area (Å²) in [7, 11) is 1.18. The van der Waals surface area contributed by atoms with Crippen molar-refractivity contribution in [1.82, 2.24) is 5.32 Å². The number of hydrogen-bond acceptors (Lipinski definition) is 5. The Labute approximate surface area is 68.8 Å². The monoisotopic (exact) mass is 168 g/mol. The van der Waals surface area contributed by atoms with Crippen LogP contribution in [0.3, 0.4) is 0 Å². The van der Waals surface area contributed by atoms with Gasteiger partial charge in [-0.05, 0) is 0 Å². The van der Waals surface area contributed by atoms with Crippen molar-refractivity contribution < 1.29 is 14.4 Å². The summed E-state index contributed by atoms with van der Waals surface area (Å²) in [6, 6.07) is 1.44. The lowest BCUT2D eigenvalue weighted by Gasteiger charge is -1.95. The zero-order valence-electron chi connectivity index (χ0n) is 6.33. The van der Waals surface area contributed by atoms with Gasteiger partial charge in [-0.3, -0.25) is 14.9 Å². The van der Waals surface area contributed by atoms with Crippen LogP contribution in [-0.2, 0) is 14.4 Å². The first-order valence-electron chi connectivity index (χ1n) is 2.80. The molecule has 0 unspecified atom stereocenters. The fourth-order valence-electron chi connectivity index (χ4n) is 0.390. The Morgan fingerprint density at radius 3 is 2.58 bits per heavy atom. The fourth-order valence-corrected chi connectivity index (χ4v) is 0.390. The SMILES string of the molecule is [CH2]C(=O)NC(=O)C(C#N)=NOC. The number of nitrogens with one attached hydrogen (secondary N) is 1. The summed E-state index contributed by atoms with van der Waals surface area (Å²) >= 11 is 0. The summed E-state index contributed by atoms with van der Waals surface area (Å²) in [5, 5.41) is 13.1. The van der Waals surface area contributed by atoms with E-state index in [1.165, 1.54) is 13.2 Å². The van der Waals surface area contributed by atoms with Gasteiger partial charge in [0, 0.05) is 6.92 Å². The number of nitriles is 1. The first-order valence-corrected chi connectivity index (χ1v) is 2.80. The highest BCUT2D eigenvalue weighted by atomic mass is 16.6. The Bertz CT molecular complexity index is 264. The standard InChI is InChI=1S/C6H6N3O3/c1-4(10)8-6(11)5(3-7)9-12-2/h1H2,2H3,(H,8,10,11). The molecule has 6 heteroatoms. The summed E-state index contributed by atoms with van der Waals surface area (Å²) < 4.78 is 0. The van der Waals surface area contributed by atoms with Crippen LogP contribution in [0.1, 0.15) is 0 Å². The van der Waals surface area contributed by atoms with E-state index in [1.54, 1.807) is 5.32 Å². The molecule has 0 aromatic heterocycles. The summed E-state index contributed by atoms with van der Waals surface area (Å²) in [5.41, 5.74) is -0.533. The highest BCUT2D eigenvalue weighted by molar-refractivity contribution is 6.46. The van der Waals surface area contributed by atoms with E-state index in [0.717, 1.165) is 0 Å². The van der Waals surface area contributed by atoms with Crippen molar-refractivity contribution in [2.45, 2.75) is 0 Å². The van der Waals surface area contributed by atoms with Crippen LogP contribution in [0.15, 0.2) is 5.16 Å². The summed E-state index contributed by atoms with van der Waals surface area (Å²) in [4.78, 5) is 25.2. The zero-order valence-corrected chi connectivity index (χ0v) is 6.33. The number of carbonyl (C=O) groups excluding carboxylic acids is 2. The average Bonchev–Trinajstić information content (AvgIpc) is 1.98. The quantitative estimate of drug-likeness (QED) is 0.422. The normalized spacial score (nSPS) is 9.92. The average molecular weight is 168 g/mol. The van der Waals surface area contributed by atoms with Crippen LogP contribution in [0.4, 0.5) is 0 Å². The van der Waals surface area contributed by atoms with Gasteiger partial charge in [-0.2, -0.15) is 5.26 Å². The van der Waals surface area contributed by atoms with Gasteiger partial charge in [0.25, 0.3) is 5.91 Å². The molecular formula is C6H6N3O3. The maximum absolute atomic E-state index is 10.8. The fraction of sp³-hybridized carbons (Fsp3) is 0.167. The molecule has 12 heavy (non-hydrogen) atoms. The highest BCUT2D eigenvalue weighted by Gasteiger charge is 2.12. The molecule has 0 aliphatic heterocycles. The van der Waals surface area contributed by atoms with Crippen LogP contribution in [0, 0.1) is 18.3 Å². The van der Waals surface area contributed by atoms with Gasteiger partial charge in [-0.15, -0.1) is 0 Å². The summed E-state index contributed by atoms with van der Waals surface area (Å²) in [6.45, 7) is 2.88. The molecule has 0 aliphatic rings. The van der Waals surface area contributed by atoms with E-state index in [0.29, 0.717) is 0 Å². The predicted molar refractivity (Wildman–Crippen MR) is 38.6 cm³/mol. The van der Waals surface area contributed by atoms with E-state index in [4.69, 9.17) is 5.26 Å². The second kappa shape index (κ2) is 4.85. The summed E-state index contributed by atoms with van der Waals surface area (Å²) in [5.74, 6) is -1.74. The molecular weight excluding hydrogens is 162 g/mol. The number of amides is 2. The van der Waals surface area contributed by atoms with Crippen LogP contribution < -0.4 is 5.32 Å². The van der Waals surface area contributed by atoms with E-state index in [2.05, 4.69) is 16.9 Å². The van der Waals surface area contributed by atoms with Crippen molar-refractivity contribution in [3.8, 4) is 6.07 Å². The van der Waals surface area contributed by atoms with E-state index < -0.39 is 17.5 Å². The molecule has 0 heterocycles. The predicted octanol–water partition coefficient (Wildman–Crippen LogP) is -1.01. The minimum absolute atomic E-state index is 0.533. The van der Waals surface area contributed by atoms with Crippen molar-refractivity contribution in [3.05, 3.63) is 6.92 Å². The zero-order chi connectivity index (χ0) is 9.56. The van der Waals surface area contributed by atoms with Crippen LogP contribution in [0.2, 0.25) is 0 Å². The lowest BCUT2D eigenvalue weighted by molar-refractivity contribution is -0.124. The lowest BCUT2D eigenvalue weighted by Crippen LogP contribution is -2.34. The third-order valence-corrected chi connectivity index (χ3v) is 0.757. The Kier molecular flexibility index (Phi) is 4.08. The molecule has 0 bridgehead atoms. The van der Waals surface area contributed by atoms with Gasteiger partial charge in [0.1, 0.15) is 13.2 Å². The number of rotatable bonds is 2. The van der Waals surface area contributed by atoms with E-state index in [1.807, 2.05) is 0 Å². The van der Waals surface area contributed by atoms with E-state index in [9.17, 15) is 9.59 Å². The van der Waals surface area contributed by atoms with Crippen molar-refractivity contribution in [3.63, 3.8) is 0 Å². The number of oxime groups is 1. The Hall–Kier alpha value is -1.90. The van der Waals surface area contributed by atoms with Gasteiger partial charge in [0.2, 0.25) is 11.6 Å². The minimum Gasteiger partial charge on any atom is -0.398 e. The first kappa shape index (κ1) is 10.1. The van der Waals surface area contributed by atoms with Crippen molar-refractivity contribution in [1.29, 1.82) is 5.26 Å². The highest BCUT2D eigenvalue weighted by Crippen LogP contribution is 1.78. The molecule has 1 N–H and O–H groups in total. The minimum atomic E-state index is -0.931. The molecule has 0 spiro atoms.